The Bertz CT molecular complexity index is 926. The van der Waals surface area contributed by atoms with Crippen LogP contribution < -0.4 is 19.5 Å². The van der Waals surface area contributed by atoms with Crippen LogP contribution >= 0.6 is 11.6 Å². The molecular weight excluding hydrogens is 398 g/mol. The van der Waals surface area contributed by atoms with Crippen molar-refractivity contribution in [3.63, 3.8) is 0 Å². The summed E-state index contributed by atoms with van der Waals surface area (Å²) in [6.07, 6.45) is 2.74. The zero-order valence-corrected chi connectivity index (χ0v) is 17.3. The Morgan fingerprint density at radius 2 is 1.76 bits per heavy atom. The van der Waals surface area contributed by atoms with E-state index in [2.05, 4.69) is 5.32 Å². The third-order valence-electron chi connectivity index (χ3n) is 3.94. The van der Waals surface area contributed by atoms with Crippen LogP contribution in [0, 0.1) is 6.92 Å². The van der Waals surface area contributed by atoms with E-state index in [4.69, 9.17) is 30.5 Å². The predicted octanol–water partition coefficient (Wildman–Crippen LogP) is 3.87. The zero-order chi connectivity index (χ0) is 21.4. The van der Waals surface area contributed by atoms with Gasteiger partial charge in [-0.1, -0.05) is 11.6 Å². The van der Waals surface area contributed by atoms with Gasteiger partial charge in [-0.25, -0.2) is 4.79 Å². The van der Waals surface area contributed by atoms with Crippen LogP contribution in [-0.2, 0) is 14.3 Å². The number of ether oxygens (including phenoxy) is 4. The Morgan fingerprint density at radius 1 is 1.03 bits per heavy atom. The molecule has 0 spiro atoms. The van der Waals surface area contributed by atoms with Crippen molar-refractivity contribution in [1.82, 2.24) is 0 Å². The van der Waals surface area contributed by atoms with E-state index in [0.29, 0.717) is 33.5 Å². The second kappa shape index (κ2) is 10.4. The lowest BCUT2D eigenvalue weighted by molar-refractivity contribution is -0.142. The Balaban J connectivity index is 1.95. The van der Waals surface area contributed by atoms with Crippen molar-refractivity contribution in [2.45, 2.75) is 6.92 Å². The highest BCUT2D eigenvalue weighted by atomic mass is 35.5. The summed E-state index contributed by atoms with van der Waals surface area (Å²) in [5, 5.41) is 3.15. The summed E-state index contributed by atoms with van der Waals surface area (Å²) >= 11 is 6.04. The Hall–Kier alpha value is -3.19. The molecule has 0 aromatic heterocycles. The van der Waals surface area contributed by atoms with Gasteiger partial charge in [0.15, 0.2) is 6.61 Å². The smallest absolute Gasteiger partial charge is 0.331 e. The van der Waals surface area contributed by atoms with Crippen LogP contribution in [-0.4, -0.2) is 39.8 Å². The van der Waals surface area contributed by atoms with E-state index in [0.717, 1.165) is 5.56 Å². The summed E-state index contributed by atoms with van der Waals surface area (Å²) in [5.74, 6) is 0.403. The van der Waals surface area contributed by atoms with Gasteiger partial charge in [0, 0.05) is 28.8 Å². The van der Waals surface area contributed by atoms with E-state index in [1.54, 1.807) is 44.4 Å². The van der Waals surface area contributed by atoms with Gasteiger partial charge in [0.25, 0.3) is 5.91 Å². The van der Waals surface area contributed by atoms with Gasteiger partial charge in [-0.2, -0.15) is 0 Å². The number of hydrogen-bond donors (Lipinski definition) is 1. The molecule has 1 N–H and O–H groups in total. The Morgan fingerprint density at radius 3 is 2.41 bits per heavy atom. The largest absolute Gasteiger partial charge is 0.497 e. The number of rotatable bonds is 8. The standard InChI is InChI=1S/C21H22ClNO6/c1-13-9-17(19(28-4)11-16(13)22)23-20(24)12-29-21(25)8-6-14-5-7-15(26-2)10-18(14)27-3/h5-11H,12H2,1-4H3,(H,23,24)/b8-6+. The van der Waals surface area contributed by atoms with E-state index < -0.39 is 18.5 Å². The molecule has 0 bridgehead atoms. The van der Waals surface area contributed by atoms with Crippen molar-refractivity contribution >= 4 is 35.2 Å². The van der Waals surface area contributed by atoms with Gasteiger partial charge in [-0.15, -0.1) is 0 Å². The molecule has 29 heavy (non-hydrogen) atoms. The monoisotopic (exact) mass is 419 g/mol. The van der Waals surface area contributed by atoms with Crippen molar-refractivity contribution in [2.24, 2.45) is 0 Å². The topological polar surface area (TPSA) is 83.1 Å². The highest BCUT2D eigenvalue weighted by Gasteiger charge is 2.12. The highest BCUT2D eigenvalue weighted by Crippen LogP contribution is 2.31. The molecule has 0 heterocycles. The van der Waals surface area contributed by atoms with Crippen LogP contribution in [0.25, 0.3) is 6.08 Å². The van der Waals surface area contributed by atoms with Crippen LogP contribution in [0.4, 0.5) is 5.69 Å². The van der Waals surface area contributed by atoms with Crippen LogP contribution in [0.5, 0.6) is 17.2 Å². The summed E-state index contributed by atoms with van der Waals surface area (Å²) in [4.78, 5) is 24.0. The summed E-state index contributed by atoms with van der Waals surface area (Å²) < 4.78 is 20.5. The number of nitrogens with one attached hydrogen (secondary N) is 1. The minimum atomic E-state index is -0.669. The maximum atomic E-state index is 12.1. The number of anilines is 1. The number of esters is 1. The normalized spacial score (nSPS) is 10.5. The predicted molar refractivity (Wildman–Crippen MR) is 111 cm³/mol. The van der Waals surface area contributed by atoms with Crippen molar-refractivity contribution in [2.75, 3.05) is 33.3 Å². The quantitative estimate of drug-likeness (QED) is 0.516. The van der Waals surface area contributed by atoms with Gasteiger partial charge >= 0.3 is 5.97 Å². The molecule has 0 atom stereocenters. The van der Waals surface area contributed by atoms with Gasteiger partial charge in [-0.3, -0.25) is 4.79 Å². The summed E-state index contributed by atoms with van der Waals surface area (Å²) in [5.41, 5.74) is 1.88. The first-order valence-electron chi connectivity index (χ1n) is 8.58. The molecule has 0 radical (unpaired) electrons. The summed E-state index contributed by atoms with van der Waals surface area (Å²) in [7, 11) is 4.53. The third kappa shape index (κ3) is 6.15. The minimum Gasteiger partial charge on any atom is -0.497 e. The molecule has 0 saturated heterocycles. The number of methoxy groups -OCH3 is 3. The van der Waals surface area contributed by atoms with Crippen molar-refractivity contribution in [3.05, 3.63) is 52.6 Å². The number of hydrogen-bond acceptors (Lipinski definition) is 6. The van der Waals surface area contributed by atoms with E-state index in [1.165, 1.54) is 26.4 Å². The van der Waals surface area contributed by atoms with E-state index in [1.807, 2.05) is 0 Å². The minimum absolute atomic E-state index is 0.409. The first-order valence-corrected chi connectivity index (χ1v) is 8.96. The van der Waals surface area contributed by atoms with Crippen molar-refractivity contribution < 1.29 is 28.5 Å². The molecule has 2 aromatic carbocycles. The molecule has 8 heteroatoms. The van der Waals surface area contributed by atoms with E-state index >= 15 is 0 Å². The number of carbonyl (C=O) groups is 2. The molecule has 7 nitrogen and oxygen atoms in total. The number of aryl methyl sites for hydroxylation is 1. The summed E-state index contributed by atoms with van der Waals surface area (Å²) in [6.45, 7) is 1.35. The molecule has 2 rings (SSSR count). The second-order valence-corrected chi connectivity index (χ2v) is 6.31. The average molecular weight is 420 g/mol. The van der Waals surface area contributed by atoms with E-state index in [-0.39, 0.29) is 0 Å². The molecule has 0 aliphatic rings. The second-order valence-electron chi connectivity index (χ2n) is 5.90. The van der Waals surface area contributed by atoms with Gasteiger partial charge in [0.05, 0.1) is 27.0 Å². The first-order chi connectivity index (χ1) is 13.9. The molecule has 154 valence electrons. The molecule has 2 aromatic rings. The Labute approximate surface area is 174 Å². The zero-order valence-electron chi connectivity index (χ0n) is 16.6. The molecule has 0 fully saturated rings. The van der Waals surface area contributed by atoms with Crippen LogP contribution in [0.2, 0.25) is 5.02 Å². The highest BCUT2D eigenvalue weighted by molar-refractivity contribution is 6.31. The fourth-order valence-electron chi connectivity index (χ4n) is 2.41. The van der Waals surface area contributed by atoms with Gasteiger partial charge in [-0.05, 0) is 36.8 Å². The van der Waals surface area contributed by atoms with Crippen LogP contribution in [0.3, 0.4) is 0 Å². The Kier molecular flexibility index (Phi) is 7.91. The number of halogens is 1. The van der Waals surface area contributed by atoms with Crippen molar-refractivity contribution in [3.8, 4) is 17.2 Å². The third-order valence-corrected chi connectivity index (χ3v) is 4.35. The van der Waals surface area contributed by atoms with Gasteiger partial charge in [0.1, 0.15) is 17.2 Å². The molecule has 0 aliphatic carbocycles. The molecule has 1 amide bonds. The lowest BCUT2D eigenvalue weighted by Crippen LogP contribution is -2.20. The lowest BCUT2D eigenvalue weighted by Gasteiger charge is -2.12. The fourth-order valence-corrected chi connectivity index (χ4v) is 2.57. The molecule has 0 unspecified atom stereocenters. The number of benzene rings is 2. The average Bonchev–Trinajstić information content (AvgIpc) is 2.72. The van der Waals surface area contributed by atoms with E-state index in [9.17, 15) is 9.59 Å². The van der Waals surface area contributed by atoms with Crippen LogP contribution in [0.15, 0.2) is 36.4 Å². The van der Waals surface area contributed by atoms with Gasteiger partial charge in [0.2, 0.25) is 0 Å². The first kappa shape index (κ1) is 22.1. The lowest BCUT2D eigenvalue weighted by atomic mass is 10.2. The SMILES string of the molecule is COc1ccc(/C=C/C(=O)OCC(=O)Nc2cc(C)c(Cl)cc2OC)c(OC)c1. The molecular formula is C21H22ClNO6. The van der Waals surface area contributed by atoms with Gasteiger partial charge < -0.3 is 24.3 Å². The maximum Gasteiger partial charge on any atom is 0.331 e. The number of carbonyl (C=O) groups excluding carboxylic acids is 2. The van der Waals surface area contributed by atoms with Crippen molar-refractivity contribution in [1.29, 1.82) is 0 Å². The number of amides is 1. The summed E-state index contributed by atoms with van der Waals surface area (Å²) in [6, 6.07) is 8.45. The van der Waals surface area contributed by atoms with Crippen LogP contribution in [0.1, 0.15) is 11.1 Å². The molecule has 0 aliphatic heterocycles. The fraction of sp³-hybridized carbons (Fsp3) is 0.238. The molecule has 0 saturated carbocycles. The maximum absolute atomic E-state index is 12.1.